The Balaban J connectivity index is 1.89. The fourth-order valence-corrected chi connectivity index (χ4v) is 4.87. The van der Waals surface area contributed by atoms with Crippen LogP contribution in [0.25, 0.3) is 10.8 Å². The zero-order valence-corrected chi connectivity index (χ0v) is 13.3. The average Bonchev–Trinajstić information content (AvgIpc) is 2.82. The zero-order chi connectivity index (χ0) is 14.6. The van der Waals surface area contributed by atoms with E-state index in [1.807, 2.05) is 0 Å². The monoisotopic (exact) mass is 280 g/mol. The topological polar surface area (TPSA) is 9.23 Å². The molecule has 0 saturated heterocycles. The Labute approximate surface area is 127 Å². The van der Waals surface area contributed by atoms with Gasteiger partial charge in [-0.3, -0.25) is 0 Å². The van der Waals surface area contributed by atoms with Gasteiger partial charge in [0.1, 0.15) is 5.75 Å². The Morgan fingerprint density at radius 1 is 1.14 bits per heavy atom. The molecule has 2 aromatic rings. The van der Waals surface area contributed by atoms with E-state index < -0.39 is 0 Å². The minimum Gasteiger partial charge on any atom is -0.497 e. The van der Waals surface area contributed by atoms with Crippen molar-refractivity contribution in [3.8, 4) is 5.75 Å². The number of aryl methyl sites for hydroxylation is 1. The van der Waals surface area contributed by atoms with Crippen LogP contribution in [0.2, 0.25) is 0 Å². The van der Waals surface area contributed by atoms with E-state index in [1.165, 1.54) is 36.5 Å². The minimum absolute atomic E-state index is 0.521. The molecule has 0 unspecified atom stereocenters. The molecule has 0 aromatic heterocycles. The Hall–Kier alpha value is -1.50. The number of hydrogen-bond donors (Lipinski definition) is 0. The zero-order valence-electron chi connectivity index (χ0n) is 13.3. The summed E-state index contributed by atoms with van der Waals surface area (Å²) in [4.78, 5) is 0. The first-order valence-corrected chi connectivity index (χ1v) is 8.23. The van der Waals surface area contributed by atoms with Gasteiger partial charge < -0.3 is 4.74 Å². The van der Waals surface area contributed by atoms with Gasteiger partial charge in [0.05, 0.1) is 7.11 Å². The lowest BCUT2D eigenvalue weighted by Crippen LogP contribution is -2.31. The van der Waals surface area contributed by atoms with Crippen molar-refractivity contribution in [2.75, 3.05) is 7.11 Å². The summed E-state index contributed by atoms with van der Waals surface area (Å²) in [6, 6.07) is 11.2. The van der Waals surface area contributed by atoms with Gasteiger partial charge in [0.25, 0.3) is 0 Å². The van der Waals surface area contributed by atoms with E-state index in [-0.39, 0.29) is 0 Å². The first-order valence-electron chi connectivity index (χ1n) is 8.23. The van der Waals surface area contributed by atoms with E-state index in [1.54, 1.807) is 18.2 Å². The molecule has 0 amide bonds. The number of rotatable bonds is 1. The second-order valence-electron chi connectivity index (χ2n) is 7.26. The summed E-state index contributed by atoms with van der Waals surface area (Å²) in [6.45, 7) is 4.98. The van der Waals surface area contributed by atoms with Crippen molar-refractivity contribution in [2.45, 2.75) is 45.4 Å². The van der Waals surface area contributed by atoms with Gasteiger partial charge in [-0.15, -0.1) is 0 Å². The highest BCUT2D eigenvalue weighted by atomic mass is 16.5. The van der Waals surface area contributed by atoms with Crippen LogP contribution in [0.5, 0.6) is 5.75 Å². The lowest BCUT2D eigenvalue weighted by atomic mass is 9.63. The molecule has 0 aliphatic heterocycles. The first-order chi connectivity index (χ1) is 10.1. The number of benzene rings is 2. The molecule has 0 bridgehead atoms. The second kappa shape index (κ2) is 4.50. The largest absolute Gasteiger partial charge is 0.497 e. The average molecular weight is 280 g/mol. The Morgan fingerprint density at radius 3 is 2.81 bits per heavy atom. The Kier molecular flexibility index (Phi) is 2.82. The highest BCUT2D eigenvalue weighted by Crippen LogP contribution is 2.59. The van der Waals surface area contributed by atoms with Crippen molar-refractivity contribution >= 4 is 10.8 Å². The molecule has 1 fully saturated rings. The van der Waals surface area contributed by atoms with Gasteiger partial charge in [0, 0.05) is 0 Å². The predicted molar refractivity (Wildman–Crippen MR) is 88.1 cm³/mol. The molecule has 21 heavy (non-hydrogen) atoms. The molecule has 4 rings (SSSR count). The SMILES string of the molecule is COc1ccc2c3c(ccc2c1)[C@@H]1CC[C@H](C)[C@@]1(C)CC3. The van der Waals surface area contributed by atoms with Crippen molar-refractivity contribution < 1.29 is 4.74 Å². The van der Waals surface area contributed by atoms with Crippen molar-refractivity contribution in [3.63, 3.8) is 0 Å². The maximum Gasteiger partial charge on any atom is 0.119 e. The molecular weight excluding hydrogens is 256 g/mol. The van der Waals surface area contributed by atoms with Crippen LogP contribution >= 0.6 is 0 Å². The molecule has 0 heterocycles. The summed E-state index contributed by atoms with van der Waals surface area (Å²) in [6.07, 6.45) is 5.33. The Bertz CT molecular complexity index is 702. The number of methoxy groups -OCH3 is 1. The third-order valence-corrected chi connectivity index (χ3v) is 6.47. The maximum atomic E-state index is 5.37. The van der Waals surface area contributed by atoms with E-state index in [2.05, 4.69) is 44.2 Å². The fourth-order valence-electron chi connectivity index (χ4n) is 4.87. The fraction of sp³-hybridized carbons (Fsp3) is 0.500. The molecule has 0 spiro atoms. The molecule has 1 heteroatoms. The van der Waals surface area contributed by atoms with Crippen molar-refractivity contribution in [1.82, 2.24) is 0 Å². The molecule has 1 saturated carbocycles. The summed E-state index contributed by atoms with van der Waals surface area (Å²) < 4.78 is 5.37. The minimum atomic E-state index is 0.521. The first kappa shape index (κ1) is 13.2. The van der Waals surface area contributed by atoms with E-state index >= 15 is 0 Å². The van der Waals surface area contributed by atoms with Gasteiger partial charge >= 0.3 is 0 Å². The Morgan fingerprint density at radius 2 is 2.00 bits per heavy atom. The molecule has 0 radical (unpaired) electrons. The molecule has 2 aromatic carbocycles. The van der Waals surface area contributed by atoms with Crippen molar-refractivity contribution in [1.29, 1.82) is 0 Å². The lowest BCUT2D eigenvalue weighted by molar-refractivity contribution is 0.186. The smallest absolute Gasteiger partial charge is 0.119 e. The maximum absolute atomic E-state index is 5.37. The summed E-state index contributed by atoms with van der Waals surface area (Å²) >= 11 is 0. The van der Waals surface area contributed by atoms with Gasteiger partial charge in [-0.1, -0.05) is 32.0 Å². The predicted octanol–water partition coefficient (Wildman–Crippen LogP) is 5.31. The quantitative estimate of drug-likeness (QED) is 0.687. The molecule has 2 aliphatic rings. The molecule has 0 N–H and O–H groups in total. The van der Waals surface area contributed by atoms with Crippen LogP contribution in [0.1, 0.15) is 50.2 Å². The van der Waals surface area contributed by atoms with Crippen LogP contribution in [0.4, 0.5) is 0 Å². The number of hydrogen-bond acceptors (Lipinski definition) is 1. The van der Waals surface area contributed by atoms with Gasteiger partial charge in [-0.25, -0.2) is 0 Å². The molecular formula is C20H24O. The van der Waals surface area contributed by atoms with Crippen LogP contribution in [-0.4, -0.2) is 7.11 Å². The van der Waals surface area contributed by atoms with Crippen LogP contribution in [0.3, 0.4) is 0 Å². The molecule has 110 valence electrons. The summed E-state index contributed by atoms with van der Waals surface area (Å²) in [5.74, 6) is 2.59. The van der Waals surface area contributed by atoms with Crippen LogP contribution in [0.15, 0.2) is 30.3 Å². The molecule has 1 nitrogen and oxygen atoms in total. The van der Waals surface area contributed by atoms with Crippen molar-refractivity contribution in [2.24, 2.45) is 11.3 Å². The molecule has 2 aliphatic carbocycles. The van der Waals surface area contributed by atoms with Crippen molar-refractivity contribution in [3.05, 3.63) is 41.5 Å². The standard InChI is InChI=1S/C20H24O/c1-13-4-9-19-18-7-5-14-12-15(21-3)6-8-16(14)17(18)10-11-20(13,19)2/h5-8,12-13,19H,4,9-11H2,1-3H3/t13-,19-,20+/m0/s1. The summed E-state index contributed by atoms with van der Waals surface area (Å²) in [5.41, 5.74) is 3.75. The van der Waals surface area contributed by atoms with E-state index in [9.17, 15) is 0 Å². The number of fused-ring (bicyclic) bond motifs is 5. The highest BCUT2D eigenvalue weighted by molar-refractivity contribution is 5.88. The van der Waals surface area contributed by atoms with Gasteiger partial charge in [-0.2, -0.15) is 0 Å². The van der Waals surface area contributed by atoms with E-state index in [4.69, 9.17) is 4.74 Å². The van der Waals surface area contributed by atoms with Gasteiger partial charge in [0.15, 0.2) is 0 Å². The number of ether oxygens (including phenoxy) is 1. The normalized spacial score (nSPS) is 31.0. The van der Waals surface area contributed by atoms with Crippen LogP contribution < -0.4 is 4.74 Å². The van der Waals surface area contributed by atoms with E-state index in [0.717, 1.165) is 17.6 Å². The van der Waals surface area contributed by atoms with E-state index in [0.29, 0.717) is 5.41 Å². The second-order valence-corrected chi connectivity index (χ2v) is 7.26. The third kappa shape index (κ3) is 1.76. The molecule has 3 atom stereocenters. The lowest BCUT2D eigenvalue weighted by Gasteiger charge is -2.41. The van der Waals surface area contributed by atoms with Crippen LogP contribution in [-0.2, 0) is 6.42 Å². The highest BCUT2D eigenvalue weighted by Gasteiger charge is 2.47. The van der Waals surface area contributed by atoms with Gasteiger partial charge in [0.2, 0.25) is 0 Å². The van der Waals surface area contributed by atoms with Gasteiger partial charge in [-0.05, 0) is 77.0 Å². The third-order valence-electron chi connectivity index (χ3n) is 6.47. The summed E-state index contributed by atoms with van der Waals surface area (Å²) in [5, 5.41) is 2.76. The summed E-state index contributed by atoms with van der Waals surface area (Å²) in [7, 11) is 1.74. The van der Waals surface area contributed by atoms with Crippen LogP contribution in [0, 0.1) is 11.3 Å².